The number of benzene rings is 1. The highest BCUT2D eigenvalue weighted by atomic mass is 32.1. The molecule has 0 bridgehead atoms. The lowest BCUT2D eigenvalue weighted by Crippen LogP contribution is -2.44. The van der Waals surface area contributed by atoms with Crippen molar-refractivity contribution in [3.05, 3.63) is 29.3 Å². The Labute approximate surface area is 190 Å². The molecule has 32 heavy (non-hydrogen) atoms. The Morgan fingerprint density at radius 1 is 1.22 bits per heavy atom. The zero-order chi connectivity index (χ0) is 22.7. The first-order valence-electron chi connectivity index (χ1n) is 10.6. The number of thiazole rings is 1. The van der Waals surface area contributed by atoms with Gasteiger partial charge in [-0.3, -0.25) is 14.5 Å². The lowest BCUT2D eigenvalue weighted by molar-refractivity contribution is -0.131. The van der Waals surface area contributed by atoms with Gasteiger partial charge in [0.1, 0.15) is 16.2 Å². The van der Waals surface area contributed by atoms with Gasteiger partial charge in [-0.15, -0.1) is 11.3 Å². The maximum Gasteiger partial charge on any atom is 0.325 e. The molecule has 1 aliphatic heterocycles. The van der Waals surface area contributed by atoms with Gasteiger partial charge in [0.2, 0.25) is 0 Å². The van der Waals surface area contributed by atoms with Crippen LogP contribution in [0.25, 0.3) is 10.6 Å². The number of amides is 4. The molecular formula is C22H26N4O5S. The molecule has 10 heteroatoms. The monoisotopic (exact) mass is 458 g/mol. The molecule has 2 aliphatic rings. The van der Waals surface area contributed by atoms with Crippen molar-refractivity contribution >= 4 is 29.2 Å². The molecule has 2 fully saturated rings. The predicted molar refractivity (Wildman–Crippen MR) is 119 cm³/mol. The molecule has 1 saturated heterocycles. The van der Waals surface area contributed by atoms with Crippen molar-refractivity contribution in [2.75, 3.05) is 27.3 Å². The number of nitrogens with one attached hydrogen (secondary N) is 2. The molecule has 1 saturated carbocycles. The highest BCUT2D eigenvalue weighted by Crippen LogP contribution is 2.35. The van der Waals surface area contributed by atoms with Crippen LogP contribution in [0.5, 0.6) is 11.5 Å². The number of rotatable bonds is 8. The van der Waals surface area contributed by atoms with Crippen LogP contribution in [-0.2, 0) is 4.79 Å². The van der Waals surface area contributed by atoms with E-state index in [-0.39, 0.29) is 24.4 Å². The van der Waals surface area contributed by atoms with Crippen LogP contribution in [-0.4, -0.2) is 60.6 Å². The normalized spacial score (nSPS) is 17.0. The minimum absolute atomic E-state index is 0.134. The Balaban J connectivity index is 1.30. The van der Waals surface area contributed by atoms with Crippen molar-refractivity contribution in [3.8, 4) is 22.1 Å². The van der Waals surface area contributed by atoms with Gasteiger partial charge in [0, 0.05) is 24.0 Å². The number of imide groups is 1. The lowest BCUT2D eigenvalue weighted by Gasteiger charge is -2.20. The van der Waals surface area contributed by atoms with E-state index in [1.54, 1.807) is 25.7 Å². The lowest BCUT2D eigenvalue weighted by atomic mass is 9.98. The summed E-state index contributed by atoms with van der Waals surface area (Å²) >= 11 is 1.36. The maximum absolute atomic E-state index is 12.6. The molecule has 4 rings (SSSR count). The van der Waals surface area contributed by atoms with Crippen molar-refractivity contribution in [2.24, 2.45) is 0 Å². The minimum atomic E-state index is -0.693. The number of methoxy groups -OCH3 is 2. The van der Waals surface area contributed by atoms with Gasteiger partial charge in [0.25, 0.3) is 11.8 Å². The van der Waals surface area contributed by atoms with Crippen LogP contribution < -0.4 is 20.1 Å². The van der Waals surface area contributed by atoms with Crippen LogP contribution in [0.1, 0.15) is 42.6 Å². The Hall–Kier alpha value is -3.14. The third-order valence-electron chi connectivity index (χ3n) is 5.91. The van der Waals surface area contributed by atoms with Crippen molar-refractivity contribution in [2.45, 2.75) is 37.6 Å². The minimum Gasteiger partial charge on any atom is -0.493 e. The summed E-state index contributed by atoms with van der Waals surface area (Å²) in [6, 6.07) is 5.13. The fourth-order valence-electron chi connectivity index (χ4n) is 4.21. The molecule has 9 nitrogen and oxygen atoms in total. The van der Waals surface area contributed by atoms with E-state index in [0.717, 1.165) is 18.4 Å². The molecule has 1 aliphatic carbocycles. The van der Waals surface area contributed by atoms with E-state index in [9.17, 15) is 14.4 Å². The van der Waals surface area contributed by atoms with Crippen LogP contribution in [0.4, 0.5) is 4.79 Å². The number of urea groups is 1. The number of aromatic nitrogens is 1. The van der Waals surface area contributed by atoms with Gasteiger partial charge >= 0.3 is 6.03 Å². The van der Waals surface area contributed by atoms with Crippen molar-refractivity contribution in [3.63, 3.8) is 0 Å². The summed E-state index contributed by atoms with van der Waals surface area (Å²) in [5.74, 6) is 0.781. The van der Waals surface area contributed by atoms with E-state index in [1.807, 2.05) is 12.1 Å². The van der Waals surface area contributed by atoms with Gasteiger partial charge in [-0.2, -0.15) is 0 Å². The van der Waals surface area contributed by atoms with Gasteiger partial charge in [0.15, 0.2) is 11.5 Å². The van der Waals surface area contributed by atoms with Gasteiger partial charge < -0.3 is 20.1 Å². The van der Waals surface area contributed by atoms with E-state index >= 15 is 0 Å². The summed E-state index contributed by atoms with van der Waals surface area (Å²) in [7, 11) is 3.14. The van der Waals surface area contributed by atoms with E-state index in [4.69, 9.17) is 9.47 Å². The summed E-state index contributed by atoms with van der Waals surface area (Å²) in [5.41, 5.74) is 0.451. The smallest absolute Gasteiger partial charge is 0.325 e. The number of nitrogens with zero attached hydrogens (tertiary/aromatic N) is 2. The third-order valence-corrected chi connectivity index (χ3v) is 6.81. The van der Waals surface area contributed by atoms with Crippen molar-refractivity contribution in [1.82, 2.24) is 20.5 Å². The molecule has 170 valence electrons. The van der Waals surface area contributed by atoms with E-state index in [0.29, 0.717) is 48.0 Å². The van der Waals surface area contributed by atoms with Crippen molar-refractivity contribution in [1.29, 1.82) is 0 Å². The van der Waals surface area contributed by atoms with Gasteiger partial charge in [0.05, 0.1) is 14.2 Å². The Morgan fingerprint density at radius 3 is 2.69 bits per heavy atom. The molecule has 2 aromatic rings. The molecule has 4 amide bonds. The van der Waals surface area contributed by atoms with E-state index in [2.05, 4.69) is 15.6 Å². The number of carbonyl (C=O) groups is 3. The molecule has 0 unspecified atom stereocenters. The molecule has 0 radical (unpaired) electrons. The van der Waals surface area contributed by atoms with E-state index in [1.165, 1.54) is 16.2 Å². The molecular weight excluding hydrogens is 432 g/mol. The SMILES string of the molecule is COc1ccc(-c2nc(C(=O)NCCCN3C(=O)NC4(CCCC4)C3=O)cs2)cc1OC. The van der Waals surface area contributed by atoms with Crippen molar-refractivity contribution < 1.29 is 23.9 Å². The number of hydrogen-bond donors (Lipinski definition) is 2. The fourth-order valence-corrected chi connectivity index (χ4v) is 5.00. The molecule has 1 aromatic heterocycles. The van der Waals surface area contributed by atoms with E-state index < -0.39 is 5.54 Å². The number of ether oxygens (including phenoxy) is 2. The second-order valence-electron chi connectivity index (χ2n) is 7.89. The summed E-state index contributed by atoms with van der Waals surface area (Å²) in [4.78, 5) is 43.0. The summed E-state index contributed by atoms with van der Waals surface area (Å²) < 4.78 is 10.6. The molecule has 1 aromatic carbocycles. The second-order valence-corrected chi connectivity index (χ2v) is 8.75. The van der Waals surface area contributed by atoms with Crippen LogP contribution in [0.2, 0.25) is 0 Å². The number of carbonyl (C=O) groups excluding carboxylic acids is 3. The first-order valence-corrected chi connectivity index (χ1v) is 11.5. The first kappa shape index (κ1) is 22.1. The Bertz CT molecular complexity index is 1030. The summed E-state index contributed by atoms with van der Waals surface area (Å²) in [6.45, 7) is 0.618. The summed E-state index contributed by atoms with van der Waals surface area (Å²) in [6.07, 6.45) is 3.80. The highest BCUT2D eigenvalue weighted by molar-refractivity contribution is 7.13. The maximum atomic E-state index is 12.6. The second kappa shape index (κ2) is 9.15. The quantitative estimate of drug-likeness (QED) is 0.465. The predicted octanol–water partition coefficient (Wildman–Crippen LogP) is 2.81. The van der Waals surface area contributed by atoms with Crippen LogP contribution >= 0.6 is 11.3 Å². The number of hydrogen-bond acceptors (Lipinski definition) is 7. The Kier molecular flexibility index (Phi) is 6.31. The average molecular weight is 459 g/mol. The summed E-state index contributed by atoms with van der Waals surface area (Å²) in [5, 5.41) is 8.06. The molecule has 2 N–H and O–H groups in total. The van der Waals surface area contributed by atoms with Gasteiger partial charge in [-0.1, -0.05) is 12.8 Å². The largest absolute Gasteiger partial charge is 0.493 e. The standard InChI is InChI=1S/C22H26N4O5S/c1-30-16-7-6-14(12-17(16)31-2)19-24-15(13-32-19)18(27)23-10-5-11-26-20(28)22(25-21(26)29)8-3-4-9-22/h6-7,12-13H,3-5,8-11H2,1-2H3,(H,23,27)(H,25,29). The van der Waals surface area contributed by atoms with Crippen LogP contribution in [0.3, 0.4) is 0 Å². The first-order chi connectivity index (χ1) is 15.5. The molecule has 1 spiro atoms. The van der Waals surface area contributed by atoms with Gasteiger partial charge in [-0.25, -0.2) is 9.78 Å². The topological polar surface area (TPSA) is 110 Å². The highest BCUT2D eigenvalue weighted by Gasteiger charge is 2.51. The zero-order valence-corrected chi connectivity index (χ0v) is 18.9. The van der Waals surface area contributed by atoms with Crippen LogP contribution in [0, 0.1) is 0 Å². The fraction of sp³-hybridized carbons (Fsp3) is 0.455. The van der Waals surface area contributed by atoms with Gasteiger partial charge in [-0.05, 0) is 37.5 Å². The molecule has 0 atom stereocenters. The molecule has 2 heterocycles. The third kappa shape index (κ3) is 4.14. The van der Waals surface area contributed by atoms with Crippen LogP contribution in [0.15, 0.2) is 23.6 Å². The Morgan fingerprint density at radius 2 is 1.97 bits per heavy atom. The zero-order valence-electron chi connectivity index (χ0n) is 18.1. The average Bonchev–Trinajstić information content (AvgIpc) is 3.53.